The number of nitrogens with one attached hydrogen (secondary N) is 3. The van der Waals surface area contributed by atoms with Crippen molar-refractivity contribution in [3.05, 3.63) is 59.7 Å². The van der Waals surface area contributed by atoms with Gasteiger partial charge >= 0.3 is 6.18 Å². The SMILES string of the molecule is CC(C)C(=O)NNC(=O)c1cccc(S(=O)(=O)Nc2cccc(C(F)(F)F)c2)c1. The van der Waals surface area contributed by atoms with Crippen LogP contribution in [0.4, 0.5) is 18.9 Å². The summed E-state index contributed by atoms with van der Waals surface area (Å²) in [6.45, 7) is 3.24. The molecule has 0 aromatic heterocycles. The van der Waals surface area contributed by atoms with Crippen LogP contribution >= 0.6 is 0 Å². The number of alkyl halides is 3. The number of carbonyl (C=O) groups is 2. The first-order valence-corrected chi connectivity index (χ1v) is 9.79. The van der Waals surface area contributed by atoms with E-state index in [1.807, 2.05) is 4.72 Å². The zero-order chi connectivity index (χ0) is 21.8. The summed E-state index contributed by atoms with van der Waals surface area (Å²) in [6.07, 6.45) is -4.63. The molecule has 0 unspecified atom stereocenters. The molecule has 3 N–H and O–H groups in total. The summed E-state index contributed by atoms with van der Waals surface area (Å²) in [5.74, 6) is -1.57. The topological polar surface area (TPSA) is 104 Å². The first-order chi connectivity index (χ1) is 13.4. The zero-order valence-electron chi connectivity index (χ0n) is 15.4. The van der Waals surface area contributed by atoms with E-state index in [2.05, 4.69) is 10.9 Å². The van der Waals surface area contributed by atoms with Gasteiger partial charge in [0, 0.05) is 17.2 Å². The third kappa shape index (κ3) is 5.95. The quantitative estimate of drug-likeness (QED) is 0.636. The van der Waals surface area contributed by atoms with Crippen molar-refractivity contribution in [2.24, 2.45) is 5.92 Å². The molecule has 7 nitrogen and oxygen atoms in total. The van der Waals surface area contributed by atoms with Crippen LogP contribution in [0.25, 0.3) is 0 Å². The molecule has 2 amide bonds. The Morgan fingerprint density at radius 2 is 1.62 bits per heavy atom. The molecule has 0 saturated carbocycles. The smallest absolute Gasteiger partial charge is 0.280 e. The second kappa shape index (κ2) is 8.52. The van der Waals surface area contributed by atoms with Crippen molar-refractivity contribution in [3.8, 4) is 0 Å². The summed E-state index contributed by atoms with van der Waals surface area (Å²) in [4.78, 5) is 23.3. The molecule has 2 aromatic rings. The molecule has 0 atom stereocenters. The Kier molecular flexibility index (Phi) is 6.52. The van der Waals surface area contributed by atoms with E-state index in [1.54, 1.807) is 13.8 Å². The maximum Gasteiger partial charge on any atom is 0.416 e. The van der Waals surface area contributed by atoms with Crippen LogP contribution in [0.15, 0.2) is 53.4 Å². The van der Waals surface area contributed by atoms with Crippen molar-refractivity contribution >= 4 is 27.5 Å². The van der Waals surface area contributed by atoms with Crippen LogP contribution < -0.4 is 15.6 Å². The maximum absolute atomic E-state index is 12.8. The van der Waals surface area contributed by atoms with Crippen molar-refractivity contribution in [1.29, 1.82) is 0 Å². The first kappa shape index (κ1) is 22.2. The largest absolute Gasteiger partial charge is 0.416 e. The summed E-state index contributed by atoms with van der Waals surface area (Å²) < 4.78 is 65.4. The van der Waals surface area contributed by atoms with Gasteiger partial charge in [0.25, 0.3) is 15.9 Å². The van der Waals surface area contributed by atoms with E-state index in [-0.39, 0.29) is 22.1 Å². The maximum atomic E-state index is 12.8. The van der Waals surface area contributed by atoms with Gasteiger partial charge in [-0.3, -0.25) is 25.2 Å². The molecule has 2 rings (SSSR count). The van der Waals surface area contributed by atoms with Crippen LogP contribution in [0, 0.1) is 5.92 Å². The molecule has 0 aliphatic carbocycles. The van der Waals surface area contributed by atoms with Gasteiger partial charge in [0.05, 0.1) is 10.5 Å². The number of hydrazine groups is 1. The van der Waals surface area contributed by atoms with E-state index < -0.39 is 33.6 Å². The second-order valence-corrected chi connectivity index (χ2v) is 7.99. The predicted molar refractivity (Wildman–Crippen MR) is 99.1 cm³/mol. The predicted octanol–water partition coefficient (Wildman–Crippen LogP) is 2.92. The molecule has 0 bridgehead atoms. The van der Waals surface area contributed by atoms with Crippen molar-refractivity contribution in [3.63, 3.8) is 0 Å². The summed E-state index contributed by atoms with van der Waals surface area (Å²) >= 11 is 0. The third-order valence-electron chi connectivity index (χ3n) is 3.67. The fourth-order valence-corrected chi connectivity index (χ4v) is 3.21. The highest BCUT2D eigenvalue weighted by Crippen LogP contribution is 2.31. The van der Waals surface area contributed by atoms with E-state index >= 15 is 0 Å². The van der Waals surface area contributed by atoms with Gasteiger partial charge in [-0.15, -0.1) is 0 Å². The Morgan fingerprint density at radius 1 is 0.966 bits per heavy atom. The van der Waals surface area contributed by atoms with Crippen molar-refractivity contribution < 1.29 is 31.2 Å². The summed E-state index contributed by atoms with van der Waals surface area (Å²) in [6, 6.07) is 8.54. The monoisotopic (exact) mass is 429 g/mol. The minimum absolute atomic E-state index is 0.0685. The first-order valence-electron chi connectivity index (χ1n) is 8.30. The van der Waals surface area contributed by atoms with Gasteiger partial charge in [0.2, 0.25) is 5.91 Å². The molecule has 0 fully saturated rings. The standard InChI is InChI=1S/C18H18F3N3O4S/c1-11(2)16(25)22-23-17(26)12-5-3-8-15(9-12)29(27,28)24-14-7-4-6-13(10-14)18(19,20)21/h3-11,24H,1-2H3,(H,22,25)(H,23,26). The van der Waals surface area contributed by atoms with Crippen LogP contribution in [0.2, 0.25) is 0 Å². The average Bonchev–Trinajstić information content (AvgIpc) is 2.65. The Hall–Kier alpha value is -3.08. The van der Waals surface area contributed by atoms with Crippen LogP contribution in [0.5, 0.6) is 0 Å². The van der Waals surface area contributed by atoms with Crippen molar-refractivity contribution in [2.45, 2.75) is 24.9 Å². The Morgan fingerprint density at radius 3 is 2.24 bits per heavy atom. The zero-order valence-corrected chi connectivity index (χ0v) is 16.2. The fourth-order valence-electron chi connectivity index (χ4n) is 2.11. The van der Waals surface area contributed by atoms with Gasteiger partial charge in [-0.1, -0.05) is 26.0 Å². The average molecular weight is 429 g/mol. The number of sulfonamides is 1. The summed E-state index contributed by atoms with van der Waals surface area (Å²) in [7, 11) is -4.26. The van der Waals surface area contributed by atoms with Crippen LogP contribution in [0.3, 0.4) is 0 Å². The van der Waals surface area contributed by atoms with Gasteiger partial charge in [-0.05, 0) is 36.4 Å². The van der Waals surface area contributed by atoms with Crippen LogP contribution in [-0.2, 0) is 21.0 Å². The molecule has 29 heavy (non-hydrogen) atoms. The van der Waals surface area contributed by atoms with E-state index in [4.69, 9.17) is 0 Å². The number of rotatable bonds is 5. The highest BCUT2D eigenvalue weighted by molar-refractivity contribution is 7.92. The fraction of sp³-hybridized carbons (Fsp3) is 0.222. The highest BCUT2D eigenvalue weighted by atomic mass is 32.2. The lowest BCUT2D eigenvalue weighted by atomic mass is 10.2. The molecular weight excluding hydrogens is 411 g/mol. The molecule has 0 aliphatic heterocycles. The molecule has 156 valence electrons. The number of hydrogen-bond donors (Lipinski definition) is 3. The number of benzene rings is 2. The number of carbonyl (C=O) groups excluding carboxylic acids is 2. The Labute approximate surface area is 165 Å². The lowest BCUT2D eigenvalue weighted by Gasteiger charge is -2.12. The number of hydrogen-bond acceptors (Lipinski definition) is 4. The van der Waals surface area contributed by atoms with E-state index in [1.165, 1.54) is 24.3 Å². The van der Waals surface area contributed by atoms with Gasteiger partial charge in [-0.25, -0.2) is 8.42 Å². The van der Waals surface area contributed by atoms with Crippen molar-refractivity contribution in [2.75, 3.05) is 4.72 Å². The summed E-state index contributed by atoms with van der Waals surface area (Å²) in [5, 5.41) is 0. The molecular formula is C18H18F3N3O4S. The van der Waals surface area contributed by atoms with Gasteiger partial charge in [0.1, 0.15) is 0 Å². The highest BCUT2D eigenvalue weighted by Gasteiger charge is 2.30. The molecule has 0 saturated heterocycles. The van der Waals surface area contributed by atoms with Crippen molar-refractivity contribution in [1.82, 2.24) is 10.9 Å². The van der Waals surface area contributed by atoms with E-state index in [9.17, 15) is 31.2 Å². The number of halogens is 3. The second-order valence-electron chi connectivity index (χ2n) is 6.31. The van der Waals surface area contributed by atoms with E-state index in [0.717, 1.165) is 18.2 Å². The van der Waals surface area contributed by atoms with E-state index in [0.29, 0.717) is 6.07 Å². The molecule has 2 aromatic carbocycles. The molecule has 0 aliphatic rings. The van der Waals surface area contributed by atoms with Crippen LogP contribution in [0.1, 0.15) is 29.8 Å². The minimum Gasteiger partial charge on any atom is -0.280 e. The Balaban J connectivity index is 2.21. The molecule has 11 heteroatoms. The Bertz CT molecular complexity index is 1020. The van der Waals surface area contributed by atoms with Gasteiger partial charge in [-0.2, -0.15) is 13.2 Å². The normalized spacial score (nSPS) is 11.8. The van der Waals surface area contributed by atoms with Gasteiger partial charge < -0.3 is 0 Å². The number of amides is 2. The number of anilines is 1. The minimum atomic E-state index is -4.63. The van der Waals surface area contributed by atoms with Crippen LogP contribution in [-0.4, -0.2) is 20.2 Å². The summed E-state index contributed by atoms with van der Waals surface area (Å²) in [5.41, 5.74) is 2.99. The molecule has 0 spiro atoms. The third-order valence-corrected chi connectivity index (χ3v) is 5.05. The lowest BCUT2D eigenvalue weighted by Crippen LogP contribution is -2.43. The van der Waals surface area contributed by atoms with Gasteiger partial charge in [0.15, 0.2) is 0 Å². The lowest BCUT2D eigenvalue weighted by molar-refractivity contribution is -0.137. The molecule has 0 radical (unpaired) electrons. The molecule has 0 heterocycles.